The van der Waals surface area contributed by atoms with Gasteiger partial charge in [-0.05, 0) is 56.9 Å². The summed E-state index contributed by atoms with van der Waals surface area (Å²) in [5, 5.41) is 13.3. The Kier molecular flexibility index (Phi) is 9.17. The van der Waals surface area contributed by atoms with Crippen LogP contribution in [0.5, 0.6) is 0 Å². The van der Waals surface area contributed by atoms with Gasteiger partial charge in [-0.15, -0.1) is 0 Å². The molecule has 1 spiro atoms. The van der Waals surface area contributed by atoms with Crippen molar-refractivity contribution >= 4 is 45.3 Å². The number of likely N-dealkylation sites (tertiary alicyclic amines) is 1. The van der Waals surface area contributed by atoms with E-state index in [1.807, 2.05) is 74.5 Å². The van der Waals surface area contributed by atoms with Crippen molar-refractivity contribution in [2.45, 2.75) is 76.5 Å². The summed E-state index contributed by atoms with van der Waals surface area (Å²) < 4.78 is 13.4. The largest absolute Gasteiger partial charge is 0.455 e. The normalized spacial score (nSPS) is 32.5. The highest BCUT2D eigenvalue weighted by Gasteiger charge is 2.75. The fraction of sp³-hybridized carbons (Fsp3) is 0.444. The number of carbonyl (C=O) groups excluding carboxylic acids is 4. The molecular formula is C36H40BrN3O7. The van der Waals surface area contributed by atoms with E-state index in [0.717, 1.165) is 11.1 Å². The second-order valence-electron chi connectivity index (χ2n) is 12.9. The Balaban J connectivity index is 1.50. The first kappa shape index (κ1) is 33.1. The molecule has 11 heteroatoms. The van der Waals surface area contributed by atoms with Gasteiger partial charge in [0.25, 0.3) is 5.91 Å². The van der Waals surface area contributed by atoms with Gasteiger partial charge in [-0.3, -0.25) is 19.2 Å². The molecular weight excluding hydrogens is 666 g/mol. The Morgan fingerprint density at radius 3 is 2.38 bits per heavy atom. The van der Waals surface area contributed by atoms with Gasteiger partial charge in [-0.2, -0.15) is 0 Å². The van der Waals surface area contributed by atoms with Crippen LogP contribution in [0.15, 0.2) is 71.2 Å². The number of aliphatic hydroxyl groups excluding tert-OH is 1. The van der Waals surface area contributed by atoms with Gasteiger partial charge in [0.1, 0.15) is 29.8 Å². The van der Waals surface area contributed by atoms with Crippen LogP contribution >= 0.6 is 15.9 Å². The fourth-order valence-corrected chi connectivity index (χ4v) is 8.39. The lowest BCUT2D eigenvalue weighted by Gasteiger charge is -2.38. The summed E-state index contributed by atoms with van der Waals surface area (Å²) in [4.78, 5) is 59.9. The second-order valence-corrected chi connectivity index (χ2v) is 13.8. The van der Waals surface area contributed by atoms with E-state index in [0.29, 0.717) is 22.2 Å². The van der Waals surface area contributed by atoms with E-state index in [2.05, 4.69) is 21.2 Å². The molecule has 2 N–H and O–H groups in total. The van der Waals surface area contributed by atoms with Crippen molar-refractivity contribution in [2.24, 2.45) is 11.8 Å². The van der Waals surface area contributed by atoms with Gasteiger partial charge in [-0.25, -0.2) is 0 Å². The van der Waals surface area contributed by atoms with E-state index in [9.17, 15) is 19.5 Å². The number of nitrogens with zero attached hydrogens (tertiary/aromatic N) is 2. The SMILES string of the molecule is Cc1cccc(C)c1N1C/C=C\CCC(=O)N[C@H](C)[C@@H](c2ccccc2)OC(=O)[C@@H]2[C@H]3O[C@@]4(C=C3Br)[C@H](C1=O)N([C@H](C)CO)C(=O)[C@@H]24. The van der Waals surface area contributed by atoms with E-state index < -0.39 is 72.2 Å². The summed E-state index contributed by atoms with van der Waals surface area (Å²) >= 11 is 3.59. The Morgan fingerprint density at radius 2 is 1.70 bits per heavy atom. The fourth-order valence-electron chi connectivity index (χ4n) is 7.66. The summed E-state index contributed by atoms with van der Waals surface area (Å²) in [6.07, 6.45) is 4.39. The van der Waals surface area contributed by atoms with Crippen LogP contribution in [0.1, 0.15) is 49.5 Å². The number of nitrogens with one attached hydrogen (secondary N) is 1. The number of rotatable bonds is 4. The molecule has 6 rings (SSSR count). The van der Waals surface area contributed by atoms with Gasteiger partial charge in [0.05, 0.1) is 24.6 Å². The van der Waals surface area contributed by atoms with E-state index in [4.69, 9.17) is 9.47 Å². The highest BCUT2D eigenvalue weighted by Crippen LogP contribution is 2.59. The third kappa shape index (κ3) is 5.62. The van der Waals surface area contributed by atoms with Crippen molar-refractivity contribution in [3.63, 3.8) is 0 Å². The topological polar surface area (TPSA) is 125 Å². The Labute approximate surface area is 282 Å². The molecule has 47 heavy (non-hydrogen) atoms. The number of fused-ring (bicyclic) bond motifs is 2. The molecule has 248 valence electrons. The maximum Gasteiger partial charge on any atom is 0.313 e. The van der Waals surface area contributed by atoms with Gasteiger partial charge >= 0.3 is 5.97 Å². The standard InChI is InChI=1S/C36H40BrN3O7/c1-20-12-11-13-21(2)29(20)39-17-10-6-9-16-26(42)38-23(4)30(24-14-7-5-8-15-24)46-35(45)27-28-33(43)40(22(3)19-41)32(34(39)44)36(28)18-25(37)31(27)47-36/h5-8,10-15,18,22-23,27-28,30-32,41H,9,16-17,19H2,1-4H3,(H,38,42)/b10-6-/t22-,23-,27+,28-,30+,31+,32+,36-/m1/s1. The maximum atomic E-state index is 15.0. The molecule has 2 saturated heterocycles. The first-order valence-corrected chi connectivity index (χ1v) is 16.9. The lowest BCUT2D eigenvalue weighted by atomic mass is 9.74. The summed E-state index contributed by atoms with van der Waals surface area (Å²) in [7, 11) is 0. The Hall–Kier alpha value is -3.80. The van der Waals surface area contributed by atoms with E-state index >= 15 is 4.79 Å². The van der Waals surface area contributed by atoms with Crippen LogP contribution in [0, 0.1) is 25.7 Å². The van der Waals surface area contributed by atoms with Crippen molar-refractivity contribution in [3.8, 4) is 0 Å². The number of hydrogen-bond acceptors (Lipinski definition) is 7. The van der Waals surface area contributed by atoms with Crippen LogP contribution in [0.25, 0.3) is 0 Å². The van der Waals surface area contributed by atoms with Crippen LogP contribution in [-0.2, 0) is 28.7 Å². The molecule has 0 aromatic heterocycles. The number of aryl methyl sites for hydroxylation is 2. The van der Waals surface area contributed by atoms with Crippen molar-refractivity contribution in [1.82, 2.24) is 10.2 Å². The number of halogens is 1. The number of carbonyl (C=O) groups is 4. The molecule has 0 aliphatic carbocycles. The number of esters is 1. The van der Waals surface area contributed by atoms with Crippen LogP contribution in [0.4, 0.5) is 5.69 Å². The highest BCUT2D eigenvalue weighted by atomic mass is 79.9. The van der Waals surface area contributed by atoms with Gasteiger partial charge in [0, 0.05) is 23.1 Å². The van der Waals surface area contributed by atoms with Crippen molar-refractivity contribution < 1.29 is 33.8 Å². The Morgan fingerprint density at radius 1 is 1.00 bits per heavy atom. The summed E-state index contributed by atoms with van der Waals surface area (Å²) in [5.74, 6) is -3.88. The van der Waals surface area contributed by atoms with E-state index in [1.54, 1.807) is 24.8 Å². The molecule has 5 bridgehead atoms. The molecule has 2 aromatic rings. The molecule has 3 amide bonds. The quantitative estimate of drug-likeness (QED) is 0.364. The van der Waals surface area contributed by atoms with Crippen LogP contribution < -0.4 is 10.2 Å². The third-order valence-electron chi connectivity index (χ3n) is 9.79. The third-order valence-corrected chi connectivity index (χ3v) is 10.5. The lowest BCUT2D eigenvalue weighted by molar-refractivity contribution is -0.161. The molecule has 10 nitrogen and oxygen atoms in total. The van der Waals surface area contributed by atoms with Gasteiger partial charge in [-0.1, -0.05) is 76.6 Å². The zero-order valence-electron chi connectivity index (χ0n) is 26.9. The molecule has 4 heterocycles. The lowest BCUT2D eigenvalue weighted by Crippen LogP contribution is -2.58. The number of ether oxygens (including phenoxy) is 2. The molecule has 8 atom stereocenters. The average Bonchev–Trinajstić information content (AvgIpc) is 3.64. The number of para-hydroxylation sites is 1. The monoisotopic (exact) mass is 705 g/mol. The zero-order chi connectivity index (χ0) is 33.6. The number of hydrogen-bond donors (Lipinski definition) is 2. The van der Waals surface area contributed by atoms with Crippen LogP contribution in [-0.4, -0.2) is 76.7 Å². The maximum absolute atomic E-state index is 15.0. The average molecular weight is 707 g/mol. The first-order valence-electron chi connectivity index (χ1n) is 16.1. The van der Waals surface area contributed by atoms with Gasteiger partial charge < -0.3 is 29.7 Å². The molecule has 4 aliphatic rings. The predicted octanol–water partition coefficient (Wildman–Crippen LogP) is 4.03. The van der Waals surface area contributed by atoms with Crippen molar-refractivity contribution in [3.05, 3.63) is 87.9 Å². The molecule has 4 aliphatic heterocycles. The van der Waals surface area contributed by atoms with Crippen LogP contribution in [0.3, 0.4) is 0 Å². The highest BCUT2D eigenvalue weighted by molar-refractivity contribution is 9.11. The van der Waals surface area contributed by atoms with E-state index in [1.165, 1.54) is 4.90 Å². The summed E-state index contributed by atoms with van der Waals surface area (Å²) in [6, 6.07) is 12.4. The van der Waals surface area contributed by atoms with Crippen molar-refractivity contribution in [2.75, 3.05) is 18.1 Å². The molecule has 2 fully saturated rings. The van der Waals surface area contributed by atoms with Gasteiger partial charge in [0.2, 0.25) is 11.8 Å². The minimum atomic E-state index is -1.49. The number of benzene rings is 2. The molecule has 0 unspecified atom stereocenters. The minimum Gasteiger partial charge on any atom is -0.455 e. The number of cyclic esters (lactones) is 1. The first-order chi connectivity index (χ1) is 22.5. The number of aliphatic hydroxyl groups is 1. The summed E-state index contributed by atoms with van der Waals surface area (Å²) in [5.41, 5.74) is 1.64. The smallest absolute Gasteiger partial charge is 0.313 e. The van der Waals surface area contributed by atoms with Gasteiger partial charge in [0.15, 0.2) is 0 Å². The molecule has 2 aromatic carbocycles. The second kappa shape index (κ2) is 13.0. The zero-order valence-corrected chi connectivity index (χ0v) is 28.5. The minimum absolute atomic E-state index is 0.172. The number of amides is 3. The Bertz CT molecular complexity index is 1620. The van der Waals surface area contributed by atoms with E-state index in [-0.39, 0.29) is 18.9 Å². The number of allylic oxidation sites excluding steroid dienone is 1. The predicted molar refractivity (Wildman–Crippen MR) is 178 cm³/mol. The van der Waals surface area contributed by atoms with Crippen molar-refractivity contribution in [1.29, 1.82) is 0 Å². The number of anilines is 1. The molecule has 0 saturated carbocycles. The summed E-state index contributed by atoms with van der Waals surface area (Å²) in [6.45, 7) is 7.09. The van der Waals surface area contributed by atoms with Crippen LogP contribution in [0.2, 0.25) is 0 Å². The molecule has 0 radical (unpaired) electrons.